The largest absolute Gasteiger partial charge is 0.491 e. The normalized spacial score (nSPS) is 14.7. The van der Waals surface area contributed by atoms with Gasteiger partial charge in [0.05, 0.1) is 73.2 Å². The Balaban J connectivity index is 0.000000141. The molecule has 0 radical (unpaired) electrons. The van der Waals surface area contributed by atoms with Crippen LogP contribution >= 0.6 is 45.3 Å². The molecule has 8 aromatic carbocycles. The summed E-state index contributed by atoms with van der Waals surface area (Å²) in [6.45, 7) is 24.1. The molecule has 0 atom stereocenters. The maximum atomic E-state index is 13.8. The Bertz CT molecular complexity index is 5480. The fraction of sp³-hybridized carbons (Fsp3) is 0.333. The molecule has 4 saturated heterocycles. The predicted octanol–water partition coefficient (Wildman–Crippen LogP) is 19.2. The average Bonchev–Trinajstić information content (AvgIpc) is 1.75. The van der Waals surface area contributed by atoms with Gasteiger partial charge in [-0.05, 0) is 203 Å². The van der Waals surface area contributed by atoms with E-state index < -0.39 is 23.6 Å². The number of ether oxygens (including phenoxy) is 4. The highest BCUT2D eigenvalue weighted by Crippen LogP contribution is 2.42. The number of amides is 3. The Morgan fingerprint density at radius 2 is 0.691 bits per heavy atom. The van der Waals surface area contributed by atoms with Crippen LogP contribution in [0.25, 0.3) is 84.0 Å². The molecule has 4 aliphatic heterocycles. The lowest BCUT2D eigenvalue weighted by Crippen LogP contribution is -2.52. The number of hydrogen-bond acceptors (Lipinski definition) is 20. The molecule has 0 saturated carbocycles. The summed E-state index contributed by atoms with van der Waals surface area (Å²) < 4.78 is 64.1. The monoisotopic (exact) mass is 1740 g/mol. The average molecular weight is 1740 g/mol. The summed E-state index contributed by atoms with van der Waals surface area (Å²) in [7, 11) is 5.35. The van der Waals surface area contributed by atoms with Crippen LogP contribution in [0.5, 0.6) is 23.0 Å². The molecule has 4 fully saturated rings. The second kappa shape index (κ2) is 41.0. The molecule has 16 rings (SSSR count). The van der Waals surface area contributed by atoms with E-state index in [1.165, 1.54) is 34.1 Å². The molecular weight excluding hydrogens is 1640 g/mol. The number of benzene rings is 8. The second-order valence-electron chi connectivity index (χ2n) is 32.5. The highest BCUT2D eigenvalue weighted by atomic mass is 32.1. The molecule has 20 nitrogen and oxygen atoms in total. The summed E-state index contributed by atoms with van der Waals surface area (Å²) in [6.07, 6.45) is 3.52. The lowest BCUT2D eigenvalue weighted by molar-refractivity contribution is -0.148. The van der Waals surface area contributed by atoms with Gasteiger partial charge in [0.25, 0.3) is 0 Å². The zero-order valence-electron chi connectivity index (χ0n) is 70.9. The van der Waals surface area contributed by atoms with E-state index in [1.54, 1.807) is 63.1 Å². The van der Waals surface area contributed by atoms with Gasteiger partial charge in [0, 0.05) is 147 Å². The Labute approximate surface area is 733 Å². The summed E-state index contributed by atoms with van der Waals surface area (Å²) in [4.78, 5) is 78.4. The third kappa shape index (κ3) is 24.5. The van der Waals surface area contributed by atoms with E-state index in [-0.39, 0.29) is 85.1 Å². The topological polar surface area (TPSA) is 231 Å². The number of nitrogens with one attached hydrogen (secondary N) is 1. The van der Waals surface area contributed by atoms with Crippen molar-refractivity contribution in [2.45, 2.75) is 112 Å². The molecular formula is C96H104F3N11O9S4. The highest BCUT2D eigenvalue weighted by Gasteiger charge is 2.39. The van der Waals surface area contributed by atoms with Crippen molar-refractivity contribution in [2.75, 3.05) is 73.5 Å². The molecule has 642 valence electrons. The van der Waals surface area contributed by atoms with Crippen molar-refractivity contribution < 1.29 is 56.4 Å². The Morgan fingerprint density at radius 1 is 0.415 bits per heavy atom. The van der Waals surface area contributed by atoms with E-state index >= 15 is 0 Å². The molecule has 0 spiro atoms. The van der Waals surface area contributed by atoms with E-state index in [0.29, 0.717) is 10.6 Å². The number of aliphatic carboxylic acids is 1. The van der Waals surface area contributed by atoms with Gasteiger partial charge in [-0.2, -0.15) is 13.2 Å². The number of rotatable bonds is 28. The first-order valence-corrected chi connectivity index (χ1v) is 44.5. The number of carbonyl (C=O) groups excluding carboxylic acids is 3. The molecule has 8 heterocycles. The Morgan fingerprint density at radius 3 is 0.976 bits per heavy atom. The molecule has 4 aliphatic rings. The van der Waals surface area contributed by atoms with E-state index in [0.717, 1.165) is 161 Å². The molecule has 0 aliphatic carbocycles. The Kier molecular flexibility index (Phi) is 29.9. The standard InChI is InChI=1S/C25H29N3O2S.C24H23F3N2O3S.C24H27N3O2S.C23H25N3O2S/c1-17(2)30-22-11-9-19(10-12-22)23-13-26-24(31-23)20-7-5-18(6-8-20)14-28-15-21(16-28)25(29)27(3)4;1-14(2)32-19-7-5-15(6-8-19)21-10-28-22(33-21)16-3-4-17(20(9-16)24(25,26)27)11-29-12-18(13-29)23(30)31;1-16(2)29-21-10-8-18(9-11-21)22-12-26-24(30-22)19-6-4-17(5-7-19)13-27-14-20(15-27)23(28)25-3;1-15(2)28-20-9-7-17(8-10-20)21-11-25-23(29-21)18-5-3-16(4-6-18)12-26-13-19(14-26)22(24)27/h5-13,17,21H,14-16H2,1-4H3;3-10,14,18H,11-13H2,1-2H3,(H,30,31);4-12,16,20H,13-15H2,1-3H3,(H,25,28);3-11,15,19H,12-14H2,1-2H3,(H2,24,27). The summed E-state index contributed by atoms with van der Waals surface area (Å²) in [6, 6.07) is 61.9. The van der Waals surface area contributed by atoms with Crippen molar-refractivity contribution in [3.63, 3.8) is 0 Å². The third-order valence-corrected chi connectivity index (χ3v) is 25.3. The second-order valence-corrected chi connectivity index (χ2v) is 36.6. The van der Waals surface area contributed by atoms with E-state index in [2.05, 4.69) is 149 Å². The third-order valence-electron chi connectivity index (χ3n) is 20.9. The van der Waals surface area contributed by atoms with Crippen LogP contribution in [0.3, 0.4) is 0 Å². The van der Waals surface area contributed by atoms with Gasteiger partial charge in [-0.25, -0.2) is 19.9 Å². The number of carboxylic acids is 1. The zero-order chi connectivity index (χ0) is 87.2. The van der Waals surface area contributed by atoms with Crippen LogP contribution in [0.15, 0.2) is 213 Å². The van der Waals surface area contributed by atoms with Crippen LogP contribution in [-0.4, -0.2) is 171 Å². The van der Waals surface area contributed by atoms with Gasteiger partial charge in [0.1, 0.15) is 43.0 Å². The molecule has 3 amide bonds. The molecule has 0 bridgehead atoms. The lowest BCUT2D eigenvalue weighted by Gasteiger charge is -2.39. The van der Waals surface area contributed by atoms with Crippen molar-refractivity contribution in [1.29, 1.82) is 0 Å². The minimum Gasteiger partial charge on any atom is -0.491 e. The van der Waals surface area contributed by atoms with Crippen molar-refractivity contribution in [3.05, 3.63) is 241 Å². The number of nitrogens with zero attached hydrogens (tertiary/aromatic N) is 9. The first kappa shape index (κ1) is 89.7. The number of nitrogens with two attached hydrogens (primary N) is 1. The quantitative estimate of drug-likeness (QED) is 0.0414. The number of aromatic nitrogens is 4. The minimum absolute atomic E-state index is 0.00835. The first-order chi connectivity index (χ1) is 59.0. The fourth-order valence-corrected chi connectivity index (χ4v) is 18.2. The van der Waals surface area contributed by atoms with Gasteiger partial charge in [-0.3, -0.25) is 38.8 Å². The van der Waals surface area contributed by atoms with E-state index in [1.807, 2.05) is 149 Å². The van der Waals surface area contributed by atoms with Crippen LogP contribution < -0.4 is 30.0 Å². The van der Waals surface area contributed by atoms with Crippen molar-refractivity contribution in [2.24, 2.45) is 29.4 Å². The van der Waals surface area contributed by atoms with Crippen molar-refractivity contribution in [3.8, 4) is 107 Å². The van der Waals surface area contributed by atoms with Crippen molar-refractivity contribution in [1.82, 2.24) is 49.8 Å². The van der Waals surface area contributed by atoms with Crippen LogP contribution in [0.1, 0.15) is 83.2 Å². The highest BCUT2D eigenvalue weighted by molar-refractivity contribution is 7.19. The van der Waals surface area contributed by atoms with Crippen molar-refractivity contribution >= 4 is 69.0 Å². The summed E-state index contributed by atoms with van der Waals surface area (Å²) in [5, 5.41) is 15.2. The van der Waals surface area contributed by atoms with Crippen LogP contribution in [0.4, 0.5) is 13.2 Å². The van der Waals surface area contributed by atoms with E-state index in [4.69, 9.17) is 29.8 Å². The van der Waals surface area contributed by atoms with Gasteiger partial charge < -0.3 is 40.0 Å². The number of hydrogen-bond donors (Lipinski definition) is 3. The van der Waals surface area contributed by atoms with Crippen LogP contribution in [0, 0.1) is 23.7 Å². The van der Waals surface area contributed by atoms with Crippen LogP contribution in [0.2, 0.25) is 0 Å². The molecule has 4 N–H and O–H groups in total. The van der Waals surface area contributed by atoms with Gasteiger partial charge in [0.2, 0.25) is 17.7 Å². The molecule has 12 aromatic rings. The van der Waals surface area contributed by atoms with Gasteiger partial charge in [-0.1, -0.05) is 84.9 Å². The first-order valence-electron chi connectivity index (χ1n) is 41.2. The fourth-order valence-electron chi connectivity index (χ4n) is 14.5. The maximum Gasteiger partial charge on any atom is 0.416 e. The Hall–Kier alpha value is -11.0. The van der Waals surface area contributed by atoms with Gasteiger partial charge in [0.15, 0.2) is 0 Å². The summed E-state index contributed by atoms with van der Waals surface area (Å²) >= 11 is 6.40. The maximum absolute atomic E-state index is 13.8. The number of likely N-dealkylation sites (tertiary alicyclic amines) is 4. The molecule has 123 heavy (non-hydrogen) atoms. The van der Waals surface area contributed by atoms with Gasteiger partial charge >= 0.3 is 12.1 Å². The zero-order valence-corrected chi connectivity index (χ0v) is 74.2. The number of primary amides is 1. The number of carboxylic acid groups (broad SMARTS) is 1. The molecule has 0 unspecified atom stereocenters. The smallest absolute Gasteiger partial charge is 0.416 e. The minimum atomic E-state index is -4.52. The van der Waals surface area contributed by atoms with Crippen LogP contribution in [-0.2, 0) is 51.5 Å². The van der Waals surface area contributed by atoms with Gasteiger partial charge in [-0.15, -0.1) is 45.3 Å². The predicted molar refractivity (Wildman–Crippen MR) is 485 cm³/mol. The molecule has 4 aromatic heterocycles. The SMILES string of the molecule is CC(C)Oc1ccc(-c2cnc(-c3ccc(CN4CC(C(=O)N(C)C)C4)cc3)s2)cc1.CC(C)Oc1ccc(-c2cnc(-c3ccc(CN4CC(C(=O)O)C4)c(C(F)(F)F)c3)s2)cc1.CC(C)Oc1ccc(-c2cnc(-c3ccc(CN4CC(C(N)=O)C4)cc3)s2)cc1.CNC(=O)C1CN(Cc2ccc(-c3ncc(-c4ccc(OC(C)C)cc4)s3)cc2)C1. The molecule has 27 heteroatoms. The number of carbonyl (C=O) groups is 4. The number of thiazole rings is 4. The van der Waals surface area contributed by atoms with E-state index in [9.17, 15) is 32.3 Å². The summed E-state index contributed by atoms with van der Waals surface area (Å²) in [5.74, 6) is 2.44. The number of halogens is 3. The summed E-state index contributed by atoms with van der Waals surface area (Å²) in [5.41, 5.74) is 16.6. The number of alkyl halides is 3. The lowest BCUT2D eigenvalue weighted by atomic mass is 9.97.